The molecule has 0 aromatic heterocycles. The first-order valence-electron chi connectivity index (χ1n) is 4.81. The van der Waals surface area contributed by atoms with Crippen LogP contribution in [0.4, 0.5) is 0 Å². The van der Waals surface area contributed by atoms with Crippen molar-refractivity contribution >= 4 is 27.0 Å². The molecule has 4 nitrogen and oxygen atoms in total. The van der Waals surface area contributed by atoms with Crippen LogP contribution >= 0.6 is 11.6 Å². The van der Waals surface area contributed by atoms with Crippen molar-refractivity contribution in [3.8, 4) is 0 Å². The van der Waals surface area contributed by atoms with Gasteiger partial charge >= 0.3 is 0 Å². The Morgan fingerprint density at radius 1 is 1.06 bits per heavy atom. The number of hydrogen-bond donors (Lipinski definition) is 4. The average molecular weight is 264 g/mol. The summed E-state index contributed by atoms with van der Waals surface area (Å²) in [5, 5.41) is 27.2. The lowest BCUT2D eigenvalue weighted by atomic mass is 10.1. The Kier molecular flexibility index (Phi) is 7.57. The highest BCUT2D eigenvalue weighted by atomic mass is 35.5. The van der Waals surface area contributed by atoms with Crippen molar-refractivity contribution in [2.75, 3.05) is 19.8 Å². The zero-order valence-electron chi connectivity index (χ0n) is 9.23. The largest absolute Gasteiger partial charge is 0.394 e. The van der Waals surface area contributed by atoms with E-state index in [4.69, 9.17) is 32.7 Å². The van der Waals surface area contributed by atoms with Gasteiger partial charge in [-0.25, -0.2) is 0 Å². The van der Waals surface area contributed by atoms with Gasteiger partial charge in [0.25, 0.3) is 0 Å². The number of nitrogens with two attached hydrogens (primary N) is 1. The van der Waals surface area contributed by atoms with Gasteiger partial charge in [0.1, 0.15) is 0 Å². The van der Waals surface area contributed by atoms with Gasteiger partial charge in [-0.1, -0.05) is 28.9 Å². The van der Waals surface area contributed by atoms with E-state index in [1.165, 1.54) is 5.19 Å². The van der Waals surface area contributed by atoms with Crippen LogP contribution in [0, 0.1) is 0 Å². The zero-order chi connectivity index (χ0) is 12.6. The number of aliphatic hydroxyl groups excluding tert-OH is 3. The maximum Gasteiger partial charge on any atom is 0.0856 e. The van der Waals surface area contributed by atoms with Gasteiger partial charge < -0.3 is 21.1 Å². The number of rotatable bonds is 3. The number of benzene rings is 1. The van der Waals surface area contributed by atoms with Gasteiger partial charge in [0.05, 0.1) is 25.4 Å². The summed E-state index contributed by atoms with van der Waals surface area (Å²) in [4.78, 5) is 0. The molecule has 6 heteroatoms. The van der Waals surface area contributed by atoms with Crippen LogP contribution in [0.15, 0.2) is 24.3 Å². The minimum atomic E-state index is -1.21. The van der Waals surface area contributed by atoms with Crippen LogP contribution in [0.3, 0.4) is 0 Å². The summed E-state index contributed by atoms with van der Waals surface area (Å²) in [6, 6.07) is 7.94. The van der Waals surface area contributed by atoms with Crippen LogP contribution in [-0.4, -0.2) is 50.9 Å². The van der Waals surface area contributed by atoms with Gasteiger partial charge in [-0.05, 0) is 12.1 Å². The first-order valence-corrected chi connectivity index (χ1v) is 6.19. The third kappa shape index (κ3) is 6.22. The fraction of sp³-hybridized carbons (Fsp3) is 0.400. The molecule has 1 aromatic carbocycles. The summed E-state index contributed by atoms with van der Waals surface area (Å²) in [7, 11) is 1.11. The molecule has 0 spiro atoms. The van der Waals surface area contributed by atoms with Crippen LogP contribution in [0.1, 0.15) is 0 Å². The lowest BCUT2D eigenvalue weighted by molar-refractivity contribution is 0.0698. The quantitative estimate of drug-likeness (QED) is 0.475. The highest BCUT2D eigenvalue weighted by Crippen LogP contribution is 2.02. The molecule has 5 N–H and O–H groups in total. The van der Waals surface area contributed by atoms with Gasteiger partial charge in [0.15, 0.2) is 0 Å². The van der Waals surface area contributed by atoms with Gasteiger partial charge in [-0.15, -0.1) is 0 Å². The molecule has 0 saturated heterocycles. The lowest BCUT2D eigenvalue weighted by Crippen LogP contribution is -2.50. The number of hydrogen-bond acceptors (Lipinski definition) is 4. The summed E-state index contributed by atoms with van der Waals surface area (Å²) in [5.74, 6) is 0. The first kappa shape index (κ1) is 15.6. The topological polar surface area (TPSA) is 86.7 Å². The van der Waals surface area contributed by atoms with E-state index in [0.29, 0.717) is 0 Å². The van der Waals surface area contributed by atoms with Gasteiger partial charge in [-0.3, -0.25) is 0 Å². The number of halogens is 1. The fourth-order valence-electron chi connectivity index (χ4n) is 0.683. The molecular formula is C10H18ClNO3Si. The molecule has 0 amide bonds. The predicted molar refractivity (Wildman–Crippen MR) is 69.2 cm³/mol. The van der Waals surface area contributed by atoms with Crippen molar-refractivity contribution in [2.45, 2.75) is 5.54 Å². The Morgan fingerprint density at radius 3 is 1.62 bits per heavy atom. The molecule has 0 fully saturated rings. The molecule has 0 aliphatic carbocycles. The van der Waals surface area contributed by atoms with Crippen molar-refractivity contribution in [2.24, 2.45) is 5.73 Å². The van der Waals surface area contributed by atoms with E-state index >= 15 is 0 Å². The molecule has 0 unspecified atom stereocenters. The normalized spacial score (nSPS) is 10.8. The van der Waals surface area contributed by atoms with E-state index in [9.17, 15) is 0 Å². The van der Waals surface area contributed by atoms with Crippen molar-refractivity contribution in [1.29, 1.82) is 0 Å². The molecule has 0 bridgehead atoms. The van der Waals surface area contributed by atoms with E-state index in [-0.39, 0.29) is 0 Å². The van der Waals surface area contributed by atoms with E-state index in [2.05, 4.69) is 12.1 Å². The molecule has 0 heterocycles. The minimum Gasteiger partial charge on any atom is -0.394 e. The van der Waals surface area contributed by atoms with Gasteiger partial charge in [-0.2, -0.15) is 0 Å². The summed E-state index contributed by atoms with van der Waals surface area (Å²) >= 11 is 5.63. The highest BCUT2D eigenvalue weighted by molar-refractivity contribution is 6.34. The van der Waals surface area contributed by atoms with Crippen LogP contribution in [-0.2, 0) is 0 Å². The second-order valence-electron chi connectivity index (χ2n) is 3.63. The third-order valence-corrected chi connectivity index (χ3v) is 2.87. The predicted octanol–water partition coefficient (Wildman–Crippen LogP) is -2.01. The maximum atomic E-state index is 8.34. The monoisotopic (exact) mass is 263 g/mol. The van der Waals surface area contributed by atoms with E-state index in [1.807, 2.05) is 12.1 Å². The Balaban J connectivity index is 0.000000281. The molecule has 0 aliphatic heterocycles. The minimum absolute atomic E-state index is 0.403. The van der Waals surface area contributed by atoms with Crippen molar-refractivity contribution < 1.29 is 15.3 Å². The average Bonchev–Trinajstić information content (AvgIpc) is 2.33. The Hall–Kier alpha value is -0.433. The van der Waals surface area contributed by atoms with Crippen LogP contribution in [0.2, 0.25) is 5.02 Å². The number of aliphatic hydroxyl groups is 3. The highest BCUT2D eigenvalue weighted by Gasteiger charge is 2.20. The van der Waals surface area contributed by atoms with Crippen molar-refractivity contribution in [3.05, 3.63) is 29.3 Å². The molecule has 0 aliphatic rings. The van der Waals surface area contributed by atoms with Crippen LogP contribution < -0.4 is 10.9 Å². The van der Waals surface area contributed by atoms with Gasteiger partial charge in [0, 0.05) is 15.3 Å². The molecule has 0 atom stereocenters. The molecular weight excluding hydrogens is 246 g/mol. The molecule has 1 aromatic rings. The van der Waals surface area contributed by atoms with Crippen LogP contribution in [0.25, 0.3) is 0 Å². The summed E-state index contributed by atoms with van der Waals surface area (Å²) in [6.07, 6.45) is 0. The van der Waals surface area contributed by atoms with E-state index in [0.717, 1.165) is 15.3 Å². The molecule has 0 radical (unpaired) electrons. The molecule has 0 saturated carbocycles. The summed E-state index contributed by atoms with van der Waals surface area (Å²) in [6.45, 7) is -1.21. The van der Waals surface area contributed by atoms with E-state index < -0.39 is 25.4 Å². The van der Waals surface area contributed by atoms with Gasteiger partial charge in [0.2, 0.25) is 0 Å². The van der Waals surface area contributed by atoms with E-state index in [1.54, 1.807) is 0 Å². The second-order valence-corrected chi connectivity index (χ2v) is 5.22. The molecule has 92 valence electrons. The van der Waals surface area contributed by atoms with Crippen molar-refractivity contribution in [1.82, 2.24) is 0 Å². The smallest absolute Gasteiger partial charge is 0.0856 e. The zero-order valence-corrected chi connectivity index (χ0v) is 12.0. The fourth-order valence-corrected chi connectivity index (χ4v) is 1.14. The summed E-state index contributed by atoms with van der Waals surface area (Å²) in [5.41, 5.74) is 3.94. The Labute approximate surface area is 103 Å². The molecule has 1 rings (SSSR count). The molecule has 16 heavy (non-hydrogen) atoms. The second kappa shape index (κ2) is 7.78. The third-order valence-electron chi connectivity index (χ3n) is 1.96. The SMILES string of the molecule is NC(CO)(CO)CO.[SiH3]c1ccc(Cl)cc1. The maximum absolute atomic E-state index is 8.34. The summed E-state index contributed by atoms with van der Waals surface area (Å²) < 4.78 is 0. The van der Waals surface area contributed by atoms with Crippen molar-refractivity contribution in [3.63, 3.8) is 0 Å². The van der Waals surface area contributed by atoms with Crippen LogP contribution in [0.5, 0.6) is 0 Å². The first-order chi connectivity index (χ1) is 7.47. The Bertz CT molecular complexity index is 261. The Morgan fingerprint density at radius 2 is 1.44 bits per heavy atom. The lowest BCUT2D eigenvalue weighted by Gasteiger charge is -2.20. The standard InChI is InChI=1S/C6H7ClSi.C4H11NO3/c7-5-1-3-6(8)4-2-5;5-4(1-6,2-7)3-8/h1-4H,8H3;6-8H,1-3,5H2.